The van der Waals surface area contributed by atoms with Crippen LogP contribution in [0.4, 0.5) is 4.79 Å². The number of thiophene rings is 1. The maximum Gasteiger partial charge on any atom is 0.437 e. The molecule has 0 bridgehead atoms. The normalized spacial score (nSPS) is 21.7. The van der Waals surface area contributed by atoms with Crippen molar-refractivity contribution < 1.29 is 18.7 Å². The van der Waals surface area contributed by atoms with Gasteiger partial charge in [-0.05, 0) is 62.9 Å². The minimum atomic E-state index is -0.947. The lowest BCUT2D eigenvalue weighted by Crippen LogP contribution is -2.47. The second-order valence-electron chi connectivity index (χ2n) is 9.06. The van der Waals surface area contributed by atoms with E-state index in [-0.39, 0.29) is 11.8 Å². The molecule has 1 aliphatic rings. The number of rotatable bonds is 4. The molecule has 2 aromatic heterocycles. The molecule has 0 aromatic carbocycles. The molecular formula is C20H29N3O5S. The Bertz CT molecular complexity index is 907. The van der Waals surface area contributed by atoms with Crippen molar-refractivity contribution in [3.8, 4) is 0 Å². The molecule has 1 amide bonds. The number of hydrogen-bond donors (Lipinski definition) is 0. The Labute approximate surface area is 174 Å². The van der Waals surface area contributed by atoms with Gasteiger partial charge in [-0.15, -0.1) is 5.10 Å². The molecule has 0 aliphatic carbocycles. The van der Waals surface area contributed by atoms with E-state index in [4.69, 9.17) is 13.9 Å². The molecule has 2 atom stereocenters. The first-order chi connectivity index (χ1) is 13.4. The van der Waals surface area contributed by atoms with E-state index in [1.165, 1.54) is 9.58 Å². The van der Waals surface area contributed by atoms with Crippen LogP contribution in [0.15, 0.2) is 26.0 Å². The minimum absolute atomic E-state index is 0.0547. The van der Waals surface area contributed by atoms with Gasteiger partial charge in [0.2, 0.25) is 5.89 Å². The predicted octanol–water partition coefficient (Wildman–Crippen LogP) is 4.02. The summed E-state index contributed by atoms with van der Waals surface area (Å²) in [6.45, 7) is 13.3. The third kappa shape index (κ3) is 4.56. The third-order valence-electron chi connectivity index (χ3n) is 4.63. The zero-order valence-electron chi connectivity index (χ0n) is 18.0. The van der Waals surface area contributed by atoms with Crippen molar-refractivity contribution in [2.24, 2.45) is 5.92 Å². The monoisotopic (exact) mass is 423 g/mol. The Morgan fingerprint density at radius 1 is 1.38 bits per heavy atom. The van der Waals surface area contributed by atoms with Crippen LogP contribution < -0.4 is 5.76 Å². The molecule has 0 N–H and O–H groups in total. The average molecular weight is 424 g/mol. The first-order valence-electron chi connectivity index (χ1n) is 9.68. The van der Waals surface area contributed by atoms with Crippen LogP contribution in [-0.4, -0.2) is 38.2 Å². The summed E-state index contributed by atoms with van der Waals surface area (Å²) < 4.78 is 18.6. The van der Waals surface area contributed by atoms with E-state index < -0.39 is 35.3 Å². The average Bonchev–Trinajstić information content (AvgIpc) is 3.24. The van der Waals surface area contributed by atoms with Crippen molar-refractivity contribution >= 4 is 17.4 Å². The zero-order valence-corrected chi connectivity index (χ0v) is 18.8. The molecule has 1 fully saturated rings. The topological polar surface area (TPSA) is 86.8 Å². The molecule has 0 spiro atoms. The minimum Gasteiger partial charge on any atom is -0.444 e. The SMILES string of the molecule is CC(C)[C@H]1OC(C)(C)N(C(=O)OC(C)(C)C)[C@@H]1c1nn(Cc2ccsc2)c(=O)o1. The first kappa shape index (κ1) is 21.6. The lowest BCUT2D eigenvalue weighted by atomic mass is 9.99. The van der Waals surface area contributed by atoms with Crippen LogP contribution in [-0.2, 0) is 16.0 Å². The zero-order chi connectivity index (χ0) is 21.6. The third-order valence-corrected chi connectivity index (χ3v) is 5.36. The largest absolute Gasteiger partial charge is 0.444 e. The van der Waals surface area contributed by atoms with Gasteiger partial charge in [0.25, 0.3) is 0 Å². The van der Waals surface area contributed by atoms with Crippen molar-refractivity contribution in [3.05, 3.63) is 38.8 Å². The highest BCUT2D eigenvalue weighted by Crippen LogP contribution is 2.44. The van der Waals surface area contributed by atoms with E-state index in [1.54, 1.807) is 46.0 Å². The van der Waals surface area contributed by atoms with Gasteiger partial charge in [0, 0.05) is 0 Å². The maximum absolute atomic E-state index is 13.0. The van der Waals surface area contributed by atoms with Crippen molar-refractivity contribution in [2.75, 3.05) is 0 Å². The molecule has 0 radical (unpaired) electrons. The van der Waals surface area contributed by atoms with Crippen LogP contribution in [0.5, 0.6) is 0 Å². The number of hydrogen-bond acceptors (Lipinski definition) is 7. The summed E-state index contributed by atoms with van der Waals surface area (Å²) in [6, 6.07) is 1.26. The molecule has 3 heterocycles. The van der Waals surface area contributed by atoms with Gasteiger partial charge >= 0.3 is 11.8 Å². The Kier molecular flexibility index (Phi) is 5.66. The van der Waals surface area contributed by atoms with Gasteiger partial charge < -0.3 is 13.9 Å². The molecule has 2 aromatic rings. The van der Waals surface area contributed by atoms with Gasteiger partial charge in [-0.25, -0.2) is 9.59 Å². The molecule has 29 heavy (non-hydrogen) atoms. The van der Waals surface area contributed by atoms with E-state index in [0.29, 0.717) is 6.54 Å². The number of amides is 1. The van der Waals surface area contributed by atoms with Gasteiger partial charge in [0.15, 0.2) is 0 Å². The number of carbonyl (C=O) groups excluding carboxylic acids is 1. The molecule has 0 unspecified atom stereocenters. The van der Waals surface area contributed by atoms with Gasteiger partial charge in [-0.1, -0.05) is 13.8 Å². The fraction of sp³-hybridized carbons (Fsp3) is 0.650. The molecule has 3 rings (SSSR count). The summed E-state index contributed by atoms with van der Waals surface area (Å²) in [7, 11) is 0. The number of aromatic nitrogens is 2. The highest BCUT2D eigenvalue weighted by molar-refractivity contribution is 7.07. The summed E-state index contributed by atoms with van der Waals surface area (Å²) in [5, 5.41) is 8.30. The molecular weight excluding hydrogens is 394 g/mol. The van der Waals surface area contributed by atoms with Crippen LogP contribution in [0.1, 0.15) is 66.0 Å². The highest BCUT2D eigenvalue weighted by Gasteiger charge is 2.55. The Balaban J connectivity index is 2.00. The van der Waals surface area contributed by atoms with Gasteiger partial charge in [0.05, 0.1) is 12.6 Å². The second-order valence-corrected chi connectivity index (χ2v) is 9.84. The molecule has 1 saturated heterocycles. The quantitative estimate of drug-likeness (QED) is 0.738. The fourth-order valence-electron chi connectivity index (χ4n) is 3.43. The standard InChI is InChI=1S/C20H29N3O5S/c1-12(2)15-14(23(20(6,7)27-15)18(25)28-19(3,4)5)16-21-22(17(24)26-16)10-13-8-9-29-11-13/h8-9,11-12,14-15H,10H2,1-7H3/t14-,15+/m0/s1. The summed E-state index contributed by atoms with van der Waals surface area (Å²) in [5.41, 5.74) is -0.658. The molecule has 9 heteroatoms. The Morgan fingerprint density at radius 3 is 2.62 bits per heavy atom. The number of nitrogens with zero attached hydrogens (tertiary/aromatic N) is 3. The van der Waals surface area contributed by atoms with Gasteiger partial charge in [-0.2, -0.15) is 16.0 Å². The Morgan fingerprint density at radius 2 is 2.07 bits per heavy atom. The molecule has 0 saturated carbocycles. The first-order valence-corrected chi connectivity index (χ1v) is 10.6. The number of carbonyl (C=O) groups is 1. The van der Waals surface area contributed by atoms with Crippen molar-refractivity contribution in [1.29, 1.82) is 0 Å². The molecule has 8 nitrogen and oxygen atoms in total. The Hall–Kier alpha value is -2.13. The van der Waals surface area contributed by atoms with Crippen molar-refractivity contribution in [1.82, 2.24) is 14.7 Å². The lowest BCUT2D eigenvalue weighted by Gasteiger charge is -2.34. The summed E-state index contributed by atoms with van der Waals surface area (Å²) in [5.74, 6) is -0.359. The van der Waals surface area contributed by atoms with Crippen LogP contribution in [0.2, 0.25) is 0 Å². The van der Waals surface area contributed by atoms with Crippen LogP contribution >= 0.6 is 11.3 Å². The summed E-state index contributed by atoms with van der Waals surface area (Å²) in [6.07, 6.45) is -0.934. The summed E-state index contributed by atoms with van der Waals surface area (Å²) in [4.78, 5) is 27.0. The van der Waals surface area contributed by atoms with E-state index in [1.807, 2.05) is 30.7 Å². The van der Waals surface area contributed by atoms with E-state index in [9.17, 15) is 9.59 Å². The van der Waals surface area contributed by atoms with Crippen LogP contribution in [0, 0.1) is 5.92 Å². The molecule has 1 aliphatic heterocycles. The van der Waals surface area contributed by atoms with Gasteiger partial charge in [0.1, 0.15) is 17.4 Å². The molecule has 160 valence electrons. The van der Waals surface area contributed by atoms with E-state index in [2.05, 4.69) is 5.10 Å². The van der Waals surface area contributed by atoms with E-state index in [0.717, 1.165) is 5.56 Å². The van der Waals surface area contributed by atoms with Gasteiger partial charge in [-0.3, -0.25) is 4.90 Å². The fourth-order valence-corrected chi connectivity index (χ4v) is 4.09. The smallest absolute Gasteiger partial charge is 0.437 e. The predicted molar refractivity (Wildman–Crippen MR) is 109 cm³/mol. The second kappa shape index (κ2) is 7.60. The van der Waals surface area contributed by atoms with Crippen LogP contribution in [0.3, 0.4) is 0 Å². The van der Waals surface area contributed by atoms with Crippen molar-refractivity contribution in [3.63, 3.8) is 0 Å². The lowest BCUT2D eigenvalue weighted by molar-refractivity contribution is -0.0864. The summed E-state index contributed by atoms with van der Waals surface area (Å²) >= 11 is 1.55. The number of ether oxygens (including phenoxy) is 2. The van der Waals surface area contributed by atoms with E-state index >= 15 is 0 Å². The van der Waals surface area contributed by atoms with Crippen molar-refractivity contribution in [2.45, 2.75) is 78.5 Å². The highest BCUT2D eigenvalue weighted by atomic mass is 32.1. The van der Waals surface area contributed by atoms with Crippen LogP contribution in [0.25, 0.3) is 0 Å². The maximum atomic E-state index is 13.0.